The van der Waals surface area contributed by atoms with Gasteiger partial charge in [0.25, 0.3) is 0 Å². The zero-order chi connectivity index (χ0) is 11.8. The van der Waals surface area contributed by atoms with E-state index in [9.17, 15) is 4.21 Å². The summed E-state index contributed by atoms with van der Waals surface area (Å²) >= 11 is 0. The third-order valence-electron chi connectivity index (χ3n) is 2.10. The van der Waals surface area contributed by atoms with Crippen LogP contribution in [0, 0.1) is 11.3 Å². The molecule has 3 nitrogen and oxygen atoms in total. The molecule has 1 atom stereocenters. The molecule has 0 saturated carbocycles. The van der Waals surface area contributed by atoms with Crippen LogP contribution in [0.5, 0.6) is 5.75 Å². The van der Waals surface area contributed by atoms with E-state index in [0.29, 0.717) is 29.4 Å². The Morgan fingerprint density at radius 2 is 2.19 bits per heavy atom. The molecule has 1 unspecified atom stereocenters. The van der Waals surface area contributed by atoms with E-state index >= 15 is 0 Å². The topological polar surface area (TPSA) is 50.1 Å². The lowest BCUT2D eigenvalue weighted by atomic mass is 10.2. The number of hydrogen-bond donors (Lipinski definition) is 0. The number of nitrogens with zero attached hydrogens (tertiary/aromatic N) is 1. The molecule has 0 spiro atoms. The van der Waals surface area contributed by atoms with Crippen molar-refractivity contribution in [3.05, 3.63) is 29.8 Å². The summed E-state index contributed by atoms with van der Waals surface area (Å²) < 4.78 is 16.6. The van der Waals surface area contributed by atoms with Gasteiger partial charge in [0.05, 0.1) is 12.2 Å². The van der Waals surface area contributed by atoms with Gasteiger partial charge < -0.3 is 4.74 Å². The monoisotopic (exact) mass is 237 g/mol. The van der Waals surface area contributed by atoms with Gasteiger partial charge in [-0.3, -0.25) is 4.21 Å². The number of rotatable bonds is 6. The first-order valence-electron chi connectivity index (χ1n) is 5.24. The van der Waals surface area contributed by atoms with E-state index < -0.39 is 10.8 Å². The van der Waals surface area contributed by atoms with E-state index in [4.69, 9.17) is 10.00 Å². The van der Waals surface area contributed by atoms with Crippen molar-refractivity contribution < 1.29 is 8.95 Å². The summed E-state index contributed by atoms with van der Waals surface area (Å²) in [6.07, 6.45) is 0.750. The van der Waals surface area contributed by atoms with Crippen LogP contribution in [0.15, 0.2) is 24.3 Å². The molecule has 4 heteroatoms. The van der Waals surface area contributed by atoms with Crippen LogP contribution >= 0.6 is 0 Å². The van der Waals surface area contributed by atoms with Gasteiger partial charge in [0.15, 0.2) is 0 Å². The molecule has 0 aliphatic carbocycles. The quantitative estimate of drug-likeness (QED) is 0.712. The second-order valence-electron chi connectivity index (χ2n) is 3.24. The molecule has 0 amide bonds. The first-order valence-corrected chi connectivity index (χ1v) is 6.73. The lowest BCUT2D eigenvalue weighted by Gasteiger charge is -2.06. The smallest absolute Gasteiger partial charge is 0.137 e. The van der Waals surface area contributed by atoms with Crippen molar-refractivity contribution >= 4 is 10.8 Å². The number of para-hydroxylation sites is 1. The van der Waals surface area contributed by atoms with Gasteiger partial charge in [-0.05, 0) is 18.6 Å². The van der Waals surface area contributed by atoms with Crippen molar-refractivity contribution in [2.45, 2.75) is 13.3 Å². The highest BCUT2D eigenvalue weighted by Gasteiger charge is 2.01. The third kappa shape index (κ3) is 4.03. The van der Waals surface area contributed by atoms with Crippen molar-refractivity contribution in [2.75, 3.05) is 18.1 Å². The number of benzene rings is 1. The summed E-state index contributed by atoms with van der Waals surface area (Å²) in [5, 5.41) is 8.82. The average Bonchev–Trinajstić information content (AvgIpc) is 2.34. The molecule has 1 rings (SSSR count). The Bertz CT molecular complexity index is 398. The standard InChI is InChI=1S/C12H15NO2S/c1-2-16(14)9-5-8-15-12-7-4-3-6-11(12)10-13/h3-4,6-7H,2,5,8-9H2,1H3. The minimum atomic E-state index is -0.737. The van der Waals surface area contributed by atoms with Gasteiger partial charge in [0.1, 0.15) is 11.8 Å². The largest absolute Gasteiger partial charge is 0.492 e. The summed E-state index contributed by atoms with van der Waals surface area (Å²) in [5.74, 6) is 1.95. The van der Waals surface area contributed by atoms with Crippen molar-refractivity contribution in [1.29, 1.82) is 5.26 Å². The molecule has 16 heavy (non-hydrogen) atoms. The van der Waals surface area contributed by atoms with Crippen molar-refractivity contribution in [1.82, 2.24) is 0 Å². The highest BCUT2D eigenvalue weighted by Crippen LogP contribution is 2.16. The maximum atomic E-state index is 11.1. The molecule has 86 valence electrons. The Balaban J connectivity index is 2.38. The Labute approximate surface area is 98.5 Å². The Kier molecular flexibility index (Phi) is 5.58. The first-order chi connectivity index (χ1) is 7.77. The van der Waals surface area contributed by atoms with Gasteiger partial charge >= 0.3 is 0 Å². The fourth-order valence-electron chi connectivity index (χ4n) is 1.23. The summed E-state index contributed by atoms with van der Waals surface area (Å²) in [4.78, 5) is 0. The minimum absolute atomic E-state index is 0.504. The molecule has 0 N–H and O–H groups in total. The van der Waals surface area contributed by atoms with Crippen LogP contribution in [0.3, 0.4) is 0 Å². The van der Waals surface area contributed by atoms with E-state index in [1.54, 1.807) is 18.2 Å². The minimum Gasteiger partial charge on any atom is -0.492 e. The van der Waals surface area contributed by atoms with E-state index in [-0.39, 0.29) is 0 Å². The number of ether oxygens (including phenoxy) is 1. The first kappa shape index (κ1) is 12.7. The van der Waals surface area contributed by atoms with Gasteiger partial charge in [-0.2, -0.15) is 5.26 Å². The molecule has 0 fully saturated rings. The van der Waals surface area contributed by atoms with Gasteiger partial charge in [0.2, 0.25) is 0 Å². The lowest BCUT2D eigenvalue weighted by molar-refractivity contribution is 0.317. The van der Waals surface area contributed by atoms with Crippen LogP contribution in [0.25, 0.3) is 0 Å². The molecule has 1 aromatic rings. The van der Waals surface area contributed by atoms with E-state index in [2.05, 4.69) is 6.07 Å². The van der Waals surface area contributed by atoms with Crippen LogP contribution in [-0.2, 0) is 10.8 Å². The summed E-state index contributed by atoms with van der Waals surface area (Å²) in [5.41, 5.74) is 0.541. The average molecular weight is 237 g/mol. The molecule has 0 aliphatic rings. The van der Waals surface area contributed by atoms with Gasteiger partial charge in [0, 0.05) is 22.3 Å². The van der Waals surface area contributed by atoms with Crippen molar-refractivity contribution in [3.63, 3.8) is 0 Å². The number of hydrogen-bond acceptors (Lipinski definition) is 3. The highest BCUT2D eigenvalue weighted by molar-refractivity contribution is 7.84. The van der Waals surface area contributed by atoms with E-state index in [1.807, 2.05) is 13.0 Å². The zero-order valence-corrected chi connectivity index (χ0v) is 10.1. The molecular weight excluding hydrogens is 222 g/mol. The van der Waals surface area contributed by atoms with Crippen molar-refractivity contribution in [2.24, 2.45) is 0 Å². The fourth-order valence-corrected chi connectivity index (χ4v) is 1.96. The van der Waals surface area contributed by atoms with Crippen LogP contribution in [-0.4, -0.2) is 22.3 Å². The lowest BCUT2D eigenvalue weighted by Crippen LogP contribution is -2.06. The van der Waals surface area contributed by atoms with E-state index in [0.717, 1.165) is 6.42 Å². The molecule has 0 saturated heterocycles. The maximum absolute atomic E-state index is 11.1. The summed E-state index contributed by atoms with van der Waals surface area (Å²) in [6, 6.07) is 9.20. The molecule has 1 aromatic carbocycles. The molecule has 0 aliphatic heterocycles. The SMILES string of the molecule is CCS(=O)CCCOc1ccccc1C#N. The second-order valence-corrected chi connectivity index (χ2v) is 5.11. The Morgan fingerprint density at radius 1 is 1.44 bits per heavy atom. The van der Waals surface area contributed by atoms with Gasteiger partial charge in [-0.15, -0.1) is 0 Å². The molecule has 0 bridgehead atoms. The summed E-state index contributed by atoms with van der Waals surface area (Å²) in [7, 11) is -0.737. The molecular formula is C12H15NO2S. The maximum Gasteiger partial charge on any atom is 0.137 e. The fraction of sp³-hybridized carbons (Fsp3) is 0.417. The van der Waals surface area contributed by atoms with Crippen molar-refractivity contribution in [3.8, 4) is 11.8 Å². The number of nitriles is 1. The highest BCUT2D eigenvalue weighted by atomic mass is 32.2. The van der Waals surface area contributed by atoms with Gasteiger partial charge in [-0.1, -0.05) is 19.1 Å². The Morgan fingerprint density at radius 3 is 2.88 bits per heavy atom. The van der Waals surface area contributed by atoms with Crippen LogP contribution < -0.4 is 4.74 Å². The molecule has 0 aromatic heterocycles. The predicted molar refractivity (Wildman–Crippen MR) is 64.8 cm³/mol. The second kappa shape index (κ2) is 7.02. The normalized spacial score (nSPS) is 11.8. The van der Waals surface area contributed by atoms with E-state index in [1.165, 1.54) is 0 Å². The van der Waals surface area contributed by atoms with Crippen LogP contribution in [0.2, 0.25) is 0 Å². The zero-order valence-electron chi connectivity index (χ0n) is 9.31. The van der Waals surface area contributed by atoms with Crippen LogP contribution in [0.1, 0.15) is 18.9 Å². The van der Waals surface area contributed by atoms with Gasteiger partial charge in [-0.25, -0.2) is 0 Å². The predicted octanol–water partition coefficient (Wildman–Crippen LogP) is 2.10. The molecule has 0 radical (unpaired) electrons. The third-order valence-corrected chi connectivity index (χ3v) is 3.49. The Hall–Kier alpha value is -1.34. The molecule has 0 heterocycles. The van der Waals surface area contributed by atoms with Crippen LogP contribution in [0.4, 0.5) is 0 Å². The summed E-state index contributed by atoms with van der Waals surface area (Å²) in [6.45, 7) is 2.41.